The summed E-state index contributed by atoms with van der Waals surface area (Å²) in [5.41, 5.74) is 1.36. The molecule has 0 amide bonds. The lowest BCUT2D eigenvalue weighted by molar-refractivity contribution is 0.219. The molecule has 2 rings (SSSR count). The van der Waals surface area contributed by atoms with Crippen LogP contribution in [-0.2, 0) is 6.42 Å². The number of benzene rings is 2. The van der Waals surface area contributed by atoms with Gasteiger partial charge >= 0.3 is 0 Å². The zero-order valence-electron chi connectivity index (χ0n) is 11.6. The minimum Gasteiger partial charge on any atom is -0.396 e. The topological polar surface area (TPSA) is 32.3 Å². The fraction of sp³-hybridized carbons (Fsp3) is 0.412. The van der Waals surface area contributed by atoms with Crippen LogP contribution < -0.4 is 5.32 Å². The normalized spacial score (nSPS) is 12.7. The first-order chi connectivity index (χ1) is 9.33. The van der Waals surface area contributed by atoms with Crippen molar-refractivity contribution in [1.29, 1.82) is 0 Å². The largest absolute Gasteiger partial charge is 0.396 e. The summed E-state index contributed by atoms with van der Waals surface area (Å²) in [5, 5.41) is 15.1. The summed E-state index contributed by atoms with van der Waals surface area (Å²) in [7, 11) is 0. The Morgan fingerprint density at radius 1 is 1.11 bits per heavy atom. The van der Waals surface area contributed by atoms with Crippen molar-refractivity contribution in [3.63, 3.8) is 0 Å². The molecular weight excluding hydrogens is 234 g/mol. The van der Waals surface area contributed by atoms with Crippen LogP contribution in [0, 0.1) is 5.92 Å². The molecule has 2 aromatic rings. The molecule has 1 atom stereocenters. The third-order valence-electron chi connectivity index (χ3n) is 3.67. The lowest BCUT2D eigenvalue weighted by Gasteiger charge is -2.12. The maximum Gasteiger partial charge on any atom is 0.0471 e. The Bertz CT molecular complexity index is 505. The molecule has 0 aliphatic rings. The van der Waals surface area contributed by atoms with E-state index < -0.39 is 0 Å². The molecular formula is C17H23NO. The smallest absolute Gasteiger partial charge is 0.0471 e. The van der Waals surface area contributed by atoms with Gasteiger partial charge in [-0.15, -0.1) is 0 Å². The summed E-state index contributed by atoms with van der Waals surface area (Å²) >= 11 is 0. The van der Waals surface area contributed by atoms with Crippen LogP contribution in [0.1, 0.15) is 18.9 Å². The van der Waals surface area contributed by atoms with Crippen molar-refractivity contribution in [2.75, 3.05) is 19.7 Å². The molecule has 0 fully saturated rings. The van der Waals surface area contributed by atoms with Crippen molar-refractivity contribution in [2.24, 2.45) is 5.92 Å². The number of fused-ring (bicyclic) bond motifs is 1. The zero-order valence-corrected chi connectivity index (χ0v) is 11.6. The van der Waals surface area contributed by atoms with E-state index in [9.17, 15) is 0 Å². The lowest BCUT2D eigenvalue weighted by atomic mass is 10.0. The SMILES string of the molecule is CCC(CO)CNCCc1ccc2ccccc2c1. The summed E-state index contributed by atoms with van der Waals surface area (Å²) in [5.74, 6) is 0.386. The van der Waals surface area contributed by atoms with E-state index in [0.29, 0.717) is 5.92 Å². The van der Waals surface area contributed by atoms with Crippen molar-refractivity contribution < 1.29 is 5.11 Å². The van der Waals surface area contributed by atoms with E-state index in [0.717, 1.165) is 25.9 Å². The van der Waals surface area contributed by atoms with Crippen molar-refractivity contribution >= 4 is 10.8 Å². The average molecular weight is 257 g/mol. The number of rotatable bonds is 7. The fourth-order valence-corrected chi connectivity index (χ4v) is 2.27. The molecule has 102 valence electrons. The second-order valence-electron chi connectivity index (χ2n) is 5.09. The standard InChI is InChI=1S/C17H23NO/c1-2-14(13-19)12-18-10-9-15-7-8-16-5-3-4-6-17(16)11-15/h3-8,11,14,18-19H,2,9-10,12-13H2,1H3. The van der Waals surface area contributed by atoms with E-state index in [1.54, 1.807) is 0 Å². The first-order valence-corrected chi connectivity index (χ1v) is 7.12. The van der Waals surface area contributed by atoms with Crippen molar-refractivity contribution in [3.05, 3.63) is 48.0 Å². The minimum absolute atomic E-state index is 0.277. The Kier molecular flexibility index (Phi) is 5.37. The second-order valence-corrected chi connectivity index (χ2v) is 5.09. The Hall–Kier alpha value is -1.38. The van der Waals surface area contributed by atoms with E-state index >= 15 is 0 Å². The highest BCUT2D eigenvalue weighted by molar-refractivity contribution is 5.82. The number of hydrogen-bond donors (Lipinski definition) is 2. The van der Waals surface area contributed by atoms with Gasteiger partial charge in [0.25, 0.3) is 0 Å². The molecule has 1 unspecified atom stereocenters. The summed E-state index contributed by atoms with van der Waals surface area (Å²) < 4.78 is 0. The van der Waals surface area contributed by atoms with Crippen LogP contribution in [0.5, 0.6) is 0 Å². The molecule has 0 radical (unpaired) electrons. The molecule has 2 aromatic carbocycles. The molecule has 0 aliphatic heterocycles. The summed E-state index contributed by atoms with van der Waals surface area (Å²) in [6.45, 7) is 4.26. The Morgan fingerprint density at radius 3 is 2.63 bits per heavy atom. The van der Waals surface area contributed by atoms with Gasteiger partial charge in [0.05, 0.1) is 0 Å². The van der Waals surface area contributed by atoms with Crippen LogP contribution in [0.15, 0.2) is 42.5 Å². The van der Waals surface area contributed by atoms with Gasteiger partial charge in [-0.2, -0.15) is 0 Å². The molecule has 0 heterocycles. The van der Waals surface area contributed by atoms with Crippen molar-refractivity contribution in [2.45, 2.75) is 19.8 Å². The van der Waals surface area contributed by atoms with Gasteiger partial charge in [0.15, 0.2) is 0 Å². The second kappa shape index (κ2) is 7.27. The maximum atomic E-state index is 9.12. The quantitative estimate of drug-likeness (QED) is 0.747. The van der Waals surface area contributed by atoms with Crippen LogP contribution in [0.25, 0.3) is 10.8 Å². The number of aliphatic hydroxyl groups is 1. The molecule has 2 N–H and O–H groups in total. The predicted octanol–water partition coefficient (Wildman–Crippen LogP) is 2.99. The van der Waals surface area contributed by atoms with Crippen LogP contribution in [0.2, 0.25) is 0 Å². The van der Waals surface area contributed by atoms with Crippen molar-refractivity contribution in [1.82, 2.24) is 5.32 Å². The van der Waals surface area contributed by atoms with Crippen LogP contribution in [0.3, 0.4) is 0 Å². The highest BCUT2D eigenvalue weighted by Gasteiger charge is 2.03. The van der Waals surface area contributed by atoms with Gasteiger partial charge in [-0.1, -0.05) is 49.4 Å². The lowest BCUT2D eigenvalue weighted by Crippen LogP contribution is -2.26. The number of hydrogen-bond acceptors (Lipinski definition) is 2. The molecule has 0 saturated carbocycles. The van der Waals surface area contributed by atoms with Crippen LogP contribution in [-0.4, -0.2) is 24.8 Å². The molecule has 0 bridgehead atoms. The number of nitrogens with one attached hydrogen (secondary N) is 1. The zero-order chi connectivity index (χ0) is 13.5. The fourth-order valence-electron chi connectivity index (χ4n) is 2.27. The first-order valence-electron chi connectivity index (χ1n) is 7.12. The van der Waals surface area contributed by atoms with Crippen LogP contribution in [0.4, 0.5) is 0 Å². The number of aliphatic hydroxyl groups excluding tert-OH is 1. The Labute approximate surface area is 115 Å². The molecule has 2 heteroatoms. The van der Waals surface area contributed by atoms with Gasteiger partial charge in [-0.25, -0.2) is 0 Å². The third-order valence-corrected chi connectivity index (χ3v) is 3.67. The molecule has 2 nitrogen and oxygen atoms in total. The summed E-state index contributed by atoms with van der Waals surface area (Å²) in [6.07, 6.45) is 2.06. The predicted molar refractivity (Wildman–Crippen MR) is 81.4 cm³/mol. The highest BCUT2D eigenvalue weighted by Crippen LogP contribution is 2.15. The van der Waals surface area contributed by atoms with Gasteiger partial charge in [-0.3, -0.25) is 0 Å². The van der Waals surface area contributed by atoms with Gasteiger partial charge in [0.1, 0.15) is 0 Å². The monoisotopic (exact) mass is 257 g/mol. The third kappa shape index (κ3) is 4.05. The molecule has 0 spiro atoms. The molecule has 0 aromatic heterocycles. The van der Waals surface area contributed by atoms with Crippen molar-refractivity contribution in [3.8, 4) is 0 Å². The van der Waals surface area contributed by atoms with E-state index in [1.165, 1.54) is 16.3 Å². The average Bonchev–Trinajstić information content (AvgIpc) is 2.47. The van der Waals surface area contributed by atoms with E-state index in [1.807, 2.05) is 0 Å². The molecule has 0 aliphatic carbocycles. The Morgan fingerprint density at radius 2 is 1.89 bits per heavy atom. The van der Waals surface area contributed by atoms with Gasteiger partial charge < -0.3 is 10.4 Å². The van der Waals surface area contributed by atoms with Gasteiger partial charge in [0, 0.05) is 13.2 Å². The minimum atomic E-state index is 0.277. The Balaban J connectivity index is 1.84. The van der Waals surface area contributed by atoms with E-state index in [4.69, 9.17) is 5.11 Å². The maximum absolute atomic E-state index is 9.12. The molecule has 19 heavy (non-hydrogen) atoms. The first kappa shape index (κ1) is 14.0. The van der Waals surface area contributed by atoms with Gasteiger partial charge in [0.2, 0.25) is 0 Å². The van der Waals surface area contributed by atoms with Crippen LogP contribution >= 0.6 is 0 Å². The summed E-state index contributed by atoms with van der Waals surface area (Å²) in [4.78, 5) is 0. The van der Waals surface area contributed by atoms with E-state index in [-0.39, 0.29) is 6.61 Å². The van der Waals surface area contributed by atoms with Gasteiger partial charge in [-0.05, 0) is 41.6 Å². The summed E-state index contributed by atoms with van der Waals surface area (Å²) in [6, 6.07) is 15.1. The highest BCUT2D eigenvalue weighted by atomic mass is 16.3. The van der Waals surface area contributed by atoms with E-state index in [2.05, 4.69) is 54.7 Å². The molecule has 0 saturated heterocycles.